The van der Waals surface area contributed by atoms with Crippen molar-refractivity contribution in [3.05, 3.63) is 75.0 Å². The van der Waals surface area contributed by atoms with Crippen molar-refractivity contribution >= 4 is 40.9 Å². The van der Waals surface area contributed by atoms with Crippen LogP contribution in [0.4, 0.5) is 18.0 Å². The highest BCUT2D eigenvalue weighted by molar-refractivity contribution is 6.36. The van der Waals surface area contributed by atoms with Crippen molar-refractivity contribution in [2.75, 3.05) is 6.54 Å². The van der Waals surface area contributed by atoms with E-state index in [4.69, 9.17) is 39.5 Å². The van der Waals surface area contributed by atoms with Crippen LogP contribution in [-0.2, 0) is 12.6 Å². The van der Waals surface area contributed by atoms with E-state index in [9.17, 15) is 18.0 Å². The van der Waals surface area contributed by atoms with Gasteiger partial charge in [0.15, 0.2) is 11.4 Å². The Kier molecular flexibility index (Phi) is 6.80. The van der Waals surface area contributed by atoms with E-state index in [2.05, 4.69) is 10.4 Å². The molecule has 0 spiro atoms. The van der Waals surface area contributed by atoms with Gasteiger partial charge in [0.1, 0.15) is 0 Å². The number of hydrogen-bond donors (Lipinski definition) is 1. The Morgan fingerprint density at radius 2 is 1.70 bits per heavy atom. The molecule has 1 heterocycles. The summed E-state index contributed by atoms with van der Waals surface area (Å²) in [6, 6.07) is 10.5. The lowest BCUT2D eigenvalue weighted by Crippen LogP contribution is -2.29. The molecule has 0 aliphatic carbocycles. The Labute approximate surface area is 184 Å². The summed E-state index contributed by atoms with van der Waals surface area (Å²) in [7, 11) is 0. The van der Waals surface area contributed by atoms with Crippen LogP contribution in [0.3, 0.4) is 0 Å². The van der Waals surface area contributed by atoms with E-state index in [0.717, 1.165) is 6.20 Å². The van der Waals surface area contributed by atoms with Crippen LogP contribution in [0, 0.1) is 0 Å². The van der Waals surface area contributed by atoms with Crippen molar-refractivity contribution in [1.29, 1.82) is 0 Å². The van der Waals surface area contributed by atoms with Gasteiger partial charge in [-0.15, -0.1) is 0 Å². The standard InChI is InChI=1S/C19H13Cl3F3N3O2/c20-11-4-6-12(7-5-11)28-17(19(23,24)25)16(10-27-28)30-18(29)26-9-8-13-14(21)2-1-3-15(13)22/h1-7,10H,8-9H2,(H,26,29). The molecule has 0 fully saturated rings. The van der Waals surface area contributed by atoms with Gasteiger partial charge in [0.25, 0.3) is 0 Å². The summed E-state index contributed by atoms with van der Waals surface area (Å²) in [6.07, 6.45) is -4.80. The summed E-state index contributed by atoms with van der Waals surface area (Å²) >= 11 is 17.9. The lowest BCUT2D eigenvalue weighted by Gasteiger charge is -2.13. The number of rotatable bonds is 5. The van der Waals surface area contributed by atoms with Gasteiger partial charge in [0.2, 0.25) is 0 Å². The van der Waals surface area contributed by atoms with E-state index in [1.165, 1.54) is 24.3 Å². The van der Waals surface area contributed by atoms with Gasteiger partial charge in [-0.2, -0.15) is 18.3 Å². The fourth-order valence-electron chi connectivity index (χ4n) is 2.64. The zero-order valence-corrected chi connectivity index (χ0v) is 17.3. The van der Waals surface area contributed by atoms with Crippen molar-refractivity contribution in [3.63, 3.8) is 0 Å². The van der Waals surface area contributed by atoms with Gasteiger partial charge in [-0.1, -0.05) is 40.9 Å². The molecule has 0 radical (unpaired) electrons. The number of nitrogens with one attached hydrogen (secondary N) is 1. The minimum absolute atomic E-state index is 0.0506. The number of hydrogen-bond acceptors (Lipinski definition) is 3. The molecule has 0 atom stereocenters. The number of carbonyl (C=O) groups is 1. The summed E-state index contributed by atoms with van der Waals surface area (Å²) in [5, 5.41) is 7.26. The van der Waals surface area contributed by atoms with Crippen LogP contribution in [0.5, 0.6) is 5.75 Å². The maximum absolute atomic E-state index is 13.6. The number of amides is 1. The third-order valence-corrected chi connectivity index (χ3v) is 4.94. The third kappa shape index (κ3) is 5.19. The molecule has 0 bridgehead atoms. The lowest BCUT2D eigenvalue weighted by atomic mass is 10.1. The van der Waals surface area contributed by atoms with Gasteiger partial charge < -0.3 is 10.1 Å². The molecule has 30 heavy (non-hydrogen) atoms. The first-order valence-corrected chi connectivity index (χ1v) is 9.60. The molecule has 0 saturated heterocycles. The number of nitrogens with zero attached hydrogens (tertiary/aromatic N) is 2. The Morgan fingerprint density at radius 3 is 2.30 bits per heavy atom. The SMILES string of the molecule is O=C(NCCc1c(Cl)cccc1Cl)Oc1cnn(-c2ccc(Cl)cc2)c1C(F)(F)F. The van der Waals surface area contributed by atoms with Crippen molar-refractivity contribution in [2.45, 2.75) is 12.6 Å². The molecule has 3 aromatic rings. The number of aromatic nitrogens is 2. The summed E-state index contributed by atoms with van der Waals surface area (Å²) in [4.78, 5) is 12.0. The Hall–Kier alpha value is -2.42. The van der Waals surface area contributed by atoms with E-state index in [0.29, 0.717) is 25.3 Å². The van der Waals surface area contributed by atoms with Crippen LogP contribution in [0.2, 0.25) is 15.1 Å². The van der Waals surface area contributed by atoms with Crippen LogP contribution < -0.4 is 10.1 Å². The molecule has 1 amide bonds. The molecule has 2 aromatic carbocycles. The average molecular weight is 479 g/mol. The molecule has 3 rings (SSSR count). The number of benzene rings is 2. The minimum atomic E-state index is -4.82. The van der Waals surface area contributed by atoms with Crippen LogP contribution in [-0.4, -0.2) is 22.4 Å². The first-order valence-electron chi connectivity index (χ1n) is 8.46. The van der Waals surface area contributed by atoms with Gasteiger partial charge in [-0.05, 0) is 48.4 Å². The van der Waals surface area contributed by atoms with Crippen LogP contribution in [0.15, 0.2) is 48.7 Å². The summed E-state index contributed by atoms with van der Waals surface area (Å²) in [5.74, 6) is -0.731. The fraction of sp³-hybridized carbons (Fsp3) is 0.158. The zero-order chi connectivity index (χ0) is 21.9. The van der Waals surface area contributed by atoms with Crippen molar-refractivity contribution in [3.8, 4) is 11.4 Å². The van der Waals surface area contributed by atoms with Gasteiger partial charge in [0, 0.05) is 21.6 Å². The van der Waals surface area contributed by atoms with Gasteiger partial charge in [-0.3, -0.25) is 0 Å². The molecule has 5 nitrogen and oxygen atoms in total. The van der Waals surface area contributed by atoms with E-state index < -0.39 is 23.7 Å². The Balaban J connectivity index is 1.73. The van der Waals surface area contributed by atoms with E-state index >= 15 is 0 Å². The quantitative estimate of drug-likeness (QED) is 0.476. The zero-order valence-electron chi connectivity index (χ0n) is 15.0. The van der Waals surface area contributed by atoms with Crippen molar-refractivity contribution in [2.24, 2.45) is 0 Å². The van der Waals surface area contributed by atoms with Crippen molar-refractivity contribution in [1.82, 2.24) is 15.1 Å². The Morgan fingerprint density at radius 1 is 1.07 bits per heavy atom. The lowest BCUT2D eigenvalue weighted by molar-refractivity contribution is -0.143. The first kappa shape index (κ1) is 22.3. The number of carbonyl (C=O) groups excluding carboxylic acids is 1. The van der Waals surface area contributed by atoms with Crippen LogP contribution >= 0.6 is 34.8 Å². The molecule has 11 heteroatoms. The maximum Gasteiger partial charge on any atom is 0.437 e. The third-order valence-electron chi connectivity index (χ3n) is 3.98. The normalized spacial score (nSPS) is 11.4. The average Bonchev–Trinajstić information content (AvgIpc) is 3.08. The molecular weight excluding hydrogens is 466 g/mol. The van der Waals surface area contributed by atoms with Gasteiger partial charge in [-0.25, -0.2) is 9.48 Å². The predicted molar refractivity (Wildman–Crippen MR) is 108 cm³/mol. The second-order valence-electron chi connectivity index (χ2n) is 6.01. The molecule has 1 N–H and O–H groups in total. The molecule has 0 saturated carbocycles. The molecule has 158 valence electrons. The minimum Gasteiger partial charge on any atom is -0.406 e. The molecule has 0 aliphatic rings. The van der Waals surface area contributed by atoms with E-state index in [-0.39, 0.29) is 18.7 Å². The number of ether oxygens (including phenoxy) is 1. The summed E-state index contributed by atoms with van der Waals surface area (Å²) in [5.41, 5.74) is -0.517. The van der Waals surface area contributed by atoms with Crippen LogP contribution in [0.1, 0.15) is 11.3 Å². The van der Waals surface area contributed by atoms with Gasteiger partial charge >= 0.3 is 12.3 Å². The van der Waals surface area contributed by atoms with Crippen molar-refractivity contribution < 1.29 is 22.7 Å². The Bertz CT molecular complexity index is 1030. The molecule has 0 unspecified atom stereocenters. The second-order valence-corrected chi connectivity index (χ2v) is 7.26. The smallest absolute Gasteiger partial charge is 0.406 e. The highest BCUT2D eigenvalue weighted by Gasteiger charge is 2.40. The topological polar surface area (TPSA) is 56.1 Å². The highest BCUT2D eigenvalue weighted by Crippen LogP contribution is 2.37. The molecule has 0 aliphatic heterocycles. The van der Waals surface area contributed by atoms with E-state index in [1.807, 2.05) is 0 Å². The summed E-state index contributed by atoms with van der Waals surface area (Å²) in [6.45, 7) is 0.0506. The van der Waals surface area contributed by atoms with Gasteiger partial charge in [0.05, 0.1) is 11.9 Å². The summed E-state index contributed by atoms with van der Waals surface area (Å²) < 4.78 is 46.3. The molecular formula is C19H13Cl3F3N3O2. The predicted octanol–water partition coefficient (Wildman–Crippen LogP) is 6.18. The fourth-order valence-corrected chi connectivity index (χ4v) is 3.36. The second kappa shape index (κ2) is 9.16. The monoisotopic (exact) mass is 477 g/mol. The number of halogens is 6. The highest BCUT2D eigenvalue weighted by atomic mass is 35.5. The first-order chi connectivity index (χ1) is 14.2. The maximum atomic E-state index is 13.6. The number of alkyl halides is 3. The largest absolute Gasteiger partial charge is 0.437 e. The van der Waals surface area contributed by atoms with Crippen LogP contribution in [0.25, 0.3) is 5.69 Å². The van der Waals surface area contributed by atoms with E-state index in [1.54, 1.807) is 18.2 Å². The molecule has 1 aromatic heterocycles.